The van der Waals surface area contributed by atoms with Crippen molar-refractivity contribution in [1.29, 1.82) is 0 Å². The van der Waals surface area contributed by atoms with Crippen LogP contribution >= 0.6 is 23.5 Å². The molecule has 2 fully saturated rings. The predicted molar refractivity (Wildman–Crippen MR) is 430 cm³/mol. The Bertz CT molecular complexity index is 3600. The fraction of sp³-hybridized carbons (Fsp3) is 0.649. The Labute approximate surface area is 698 Å². The van der Waals surface area contributed by atoms with E-state index in [1.54, 1.807) is 6.92 Å². The number of aliphatic hydroxyl groups excluding tert-OH is 2. The van der Waals surface area contributed by atoms with Gasteiger partial charge in [-0.25, -0.2) is 0 Å². The molecule has 42 heteroatoms. The normalized spacial score (nSPS) is 14.8. The van der Waals surface area contributed by atoms with Gasteiger partial charge in [-0.2, -0.15) is 0 Å². The van der Waals surface area contributed by atoms with Crippen molar-refractivity contribution < 1.29 is 130 Å². The van der Waals surface area contributed by atoms with E-state index in [4.69, 9.17) is 53.8 Å². The lowest BCUT2D eigenvalue weighted by atomic mass is 10.0. The van der Waals surface area contributed by atoms with Gasteiger partial charge in [-0.15, -0.1) is 23.5 Å². The van der Waals surface area contributed by atoms with Gasteiger partial charge in [0.2, 0.25) is 88.6 Å². The van der Waals surface area contributed by atoms with Crippen molar-refractivity contribution in [2.75, 3.05) is 170 Å². The highest BCUT2D eigenvalue weighted by atomic mass is 32.2. The number of hydrogen-bond donors (Lipinski definition) is 13. The topological polar surface area (TPSA) is 557 Å². The number of unbranched alkanes of at least 4 members (excludes halogenated alkanes) is 3. The molecule has 2 aromatic carbocycles. The molecule has 119 heavy (non-hydrogen) atoms. The average Bonchev–Trinajstić information content (AvgIpc) is 1.80. The molecule has 6 atom stereocenters. The number of carbonyl (C=O) groups is 17. The van der Waals surface area contributed by atoms with E-state index in [1.165, 1.54) is 0 Å². The molecule has 2 aliphatic heterocycles. The SMILES string of the molecule is CCCCC(NC(=O)Cc1cccc2ccccc12)C(=O)NC(CCCCNC(=O)COCCOCCNC(=O)CCN1C(=O)CC(SCC(=O)NCC(=O)OCCOCCO)C1=O)C(=O)NC(CCC)C(=O)NC(CCCCNC(=O)COCCOCCNC(=O)CCN1C(=O)CC(SCC(=O)NCC(=O)OCCOCCO)C1=O)C(N)=O. The number of carbonyl (C=O) groups excluding carboxylic acids is 17. The Morgan fingerprint density at radius 2 is 0.857 bits per heavy atom. The van der Waals surface area contributed by atoms with Gasteiger partial charge in [0.25, 0.3) is 0 Å². The molecule has 6 unspecified atom stereocenters. The summed E-state index contributed by atoms with van der Waals surface area (Å²) in [5.41, 5.74) is 6.50. The summed E-state index contributed by atoms with van der Waals surface area (Å²) in [7, 11) is 0. The Hall–Kier alpha value is -9.53. The minimum atomic E-state index is -1.24. The van der Waals surface area contributed by atoms with E-state index in [2.05, 4.69) is 53.2 Å². The molecule has 0 saturated carbocycles. The monoisotopic (exact) mass is 1720 g/mol. The number of thioether (sulfide) groups is 2. The Kier molecular flexibility index (Phi) is 52.1. The molecular weight excluding hydrogens is 1600 g/mol. The third kappa shape index (κ3) is 43.3. The van der Waals surface area contributed by atoms with Gasteiger partial charge < -0.3 is 107 Å². The first-order valence-corrected chi connectivity index (χ1v) is 41.9. The van der Waals surface area contributed by atoms with Gasteiger partial charge in [-0.3, -0.25) is 91.3 Å². The summed E-state index contributed by atoms with van der Waals surface area (Å²) in [5, 5.41) is 44.1. The van der Waals surface area contributed by atoms with Gasteiger partial charge in [0.05, 0.1) is 108 Å². The number of ether oxygens (including phenoxy) is 8. The number of primary amides is 1. The van der Waals surface area contributed by atoms with Crippen LogP contribution in [0.2, 0.25) is 0 Å². The molecule has 0 aromatic heterocycles. The number of hydrogen-bond acceptors (Lipinski definition) is 29. The van der Waals surface area contributed by atoms with Crippen LogP contribution in [0.15, 0.2) is 42.5 Å². The van der Waals surface area contributed by atoms with Gasteiger partial charge in [0.15, 0.2) is 0 Å². The van der Waals surface area contributed by atoms with Crippen LogP contribution in [0.1, 0.15) is 116 Å². The third-order valence-corrected chi connectivity index (χ3v) is 20.1. The van der Waals surface area contributed by atoms with Gasteiger partial charge in [0, 0.05) is 65.0 Å². The predicted octanol–water partition coefficient (Wildman–Crippen LogP) is -3.49. The number of esters is 2. The maximum atomic E-state index is 14.4. The summed E-state index contributed by atoms with van der Waals surface area (Å²) in [5.74, 6) is -10.1. The van der Waals surface area contributed by atoms with Crippen LogP contribution in [0.3, 0.4) is 0 Å². The number of nitrogens with zero attached hydrogens (tertiary/aromatic N) is 2. The number of nitrogens with two attached hydrogens (primary N) is 1. The highest BCUT2D eigenvalue weighted by Gasteiger charge is 2.41. The molecule has 664 valence electrons. The quantitative estimate of drug-likeness (QED) is 0.0174. The van der Waals surface area contributed by atoms with Crippen LogP contribution in [-0.2, 0) is 126 Å². The Balaban J connectivity index is 1.15. The first kappa shape index (κ1) is 102. The molecule has 0 spiro atoms. The zero-order valence-electron chi connectivity index (χ0n) is 67.6. The first-order valence-electron chi connectivity index (χ1n) is 39.9. The van der Waals surface area contributed by atoms with Crippen molar-refractivity contribution in [1.82, 2.24) is 63.0 Å². The molecule has 2 saturated heterocycles. The van der Waals surface area contributed by atoms with Crippen LogP contribution in [0, 0.1) is 0 Å². The highest BCUT2D eigenvalue weighted by Crippen LogP contribution is 2.27. The second-order valence-electron chi connectivity index (χ2n) is 27.1. The summed E-state index contributed by atoms with van der Waals surface area (Å²) in [6.07, 6.45) is 2.71. The standard InChI is InChI=1S/C77H117N13O27S2/c1-3-5-18-57(85-63(95)43-53-16-12-15-52-14-6-7-17-54(52)53)74(106)88-58(20-9-11-24-80-65(97)49-115-38-36-111-32-26-82-62(94)22-28-90-69(101)45-60(77(90)109)119-51-67(99)84-47-71(103)117-42-40-113-34-30-92)75(107)87-56(13-4-2)73(105)86-55(72(78)104)19-8-10-23-79-64(96)48-114-37-35-110-31-25-81-61(93)21-27-89-68(100)44-59(76(89)108)118-50-66(98)83-46-70(102)116-41-39-112-33-29-91/h6-7,12,14-17,55-60,91-92H,3-5,8-11,13,18-51H2,1-2H3,(H2,78,104)(H,79,96)(H,80,97)(H,81,93)(H,82,94)(H,83,98)(H,84,99)(H,85,95)(H,86,105)(H,87,107)(H,88,106). The largest absolute Gasteiger partial charge is 0.462 e. The van der Waals surface area contributed by atoms with Crippen molar-refractivity contribution in [3.63, 3.8) is 0 Å². The van der Waals surface area contributed by atoms with E-state index in [1.807, 2.05) is 49.4 Å². The number of amides is 15. The van der Waals surface area contributed by atoms with E-state index in [9.17, 15) is 81.5 Å². The molecular formula is C77H117N13O27S2. The van der Waals surface area contributed by atoms with E-state index < -0.39 is 148 Å². The zero-order chi connectivity index (χ0) is 87.0. The minimum Gasteiger partial charge on any atom is -0.462 e. The van der Waals surface area contributed by atoms with Crippen LogP contribution in [0.25, 0.3) is 10.8 Å². The van der Waals surface area contributed by atoms with Crippen LogP contribution in [-0.4, -0.2) is 325 Å². The molecule has 14 N–H and O–H groups in total. The number of fused-ring (bicyclic) bond motifs is 1. The number of imide groups is 2. The summed E-state index contributed by atoms with van der Waals surface area (Å²) in [4.78, 5) is 220. The maximum Gasteiger partial charge on any atom is 0.325 e. The lowest BCUT2D eigenvalue weighted by molar-refractivity contribution is -0.145. The lowest BCUT2D eigenvalue weighted by Crippen LogP contribution is -2.58. The van der Waals surface area contributed by atoms with E-state index in [-0.39, 0.29) is 221 Å². The highest BCUT2D eigenvalue weighted by molar-refractivity contribution is 8.01. The van der Waals surface area contributed by atoms with Crippen molar-refractivity contribution in [3.8, 4) is 0 Å². The molecule has 15 amide bonds. The maximum absolute atomic E-state index is 14.4. The van der Waals surface area contributed by atoms with Gasteiger partial charge in [0.1, 0.15) is 63.7 Å². The summed E-state index contributed by atoms with van der Waals surface area (Å²) < 4.78 is 41.5. The molecule has 4 rings (SSSR count). The Morgan fingerprint density at radius 3 is 1.34 bits per heavy atom. The molecule has 0 radical (unpaired) electrons. The van der Waals surface area contributed by atoms with Crippen LogP contribution in [0.5, 0.6) is 0 Å². The lowest BCUT2D eigenvalue weighted by Gasteiger charge is -2.26. The average molecular weight is 1720 g/mol. The van der Waals surface area contributed by atoms with Crippen molar-refractivity contribution >= 4 is 135 Å². The second-order valence-corrected chi connectivity index (χ2v) is 29.5. The van der Waals surface area contributed by atoms with Crippen molar-refractivity contribution in [2.45, 2.75) is 151 Å². The van der Waals surface area contributed by atoms with E-state index >= 15 is 0 Å². The van der Waals surface area contributed by atoms with Crippen LogP contribution in [0.4, 0.5) is 0 Å². The zero-order valence-corrected chi connectivity index (χ0v) is 69.2. The second kappa shape index (κ2) is 60.9. The number of aliphatic hydroxyl groups is 2. The molecule has 0 bridgehead atoms. The fourth-order valence-corrected chi connectivity index (χ4v) is 13.5. The van der Waals surface area contributed by atoms with Crippen LogP contribution < -0.4 is 58.9 Å². The summed E-state index contributed by atoms with van der Waals surface area (Å²) >= 11 is 1.86. The number of likely N-dealkylation sites (tertiary alicyclic amines) is 2. The first-order chi connectivity index (χ1) is 57.4. The molecule has 2 aliphatic rings. The third-order valence-electron chi connectivity index (χ3n) is 17.7. The van der Waals surface area contributed by atoms with Gasteiger partial charge in [-0.1, -0.05) is 75.6 Å². The summed E-state index contributed by atoms with van der Waals surface area (Å²) in [6.45, 7) is 2.64. The van der Waals surface area contributed by atoms with Gasteiger partial charge >= 0.3 is 11.9 Å². The molecule has 2 aromatic rings. The minimum absolute atomic E-state index is 0.0192. The molecule has 40 nitrogen and oxygen atoms in total. The number of nitrogens with one attached hydrogen (secondary N) is 10. The fourth-order valence-electron chi connectivity index (χ4n) is 11.6. The Morgan fingerprint density at radius 1 is 0.437 bits per heavy atom. The summed E-state index contributed by atoms with van der Waals surface area (Å²) in [6, 6.07) is 8.54. The molecule has 2 heterocycles. The van der Waals surface area contributed by atoms with Gasteiger partial charge in [-0.05, 0) is 67.7 Å². The van der Waals surface area contributed by atoms with E-state index in [0.29, 0.717) is 38.5 Å². The van der Waals surface area contributed by atoms with E-state index in [0.717, 1.165) is 49.7 Å². The van der Waals surface area contributed by atoms with Crippen molar-refractivity contribution in [2.24, 2.45) is 5.73 Å². The number of rotatable bonds is 67. The molecule has 0 aliphatic carbocycles. The number of benzene rings is 2. The van der Waals surface area contributed by atoms with Crippen molar-refractivity contribution in [3.05, 3.63) is 48.0 Å². The smallest absolute Gasteiger partial charge is 0.325 e.